The van der Waals surface area contributed by atoms with Crippen molar-refractivity contribution in [3.8, 4) is 11.5 Å². The number of hydrogen-bond donors (Lipinski definition) is 2. The molecule has 0 aliphatic rings. The quantitative estimate of drug-likeness (QED) is 0.797. The minimum absolute atomic E-state index is 0.238. The van der Waals surface area contributed by atoms with Crippen molar-refractivity contribution in [2.24, 2.45) is 0 Å². The lowest BCUT2D eigenvalue weighted by molar-refractivity contribution is -0.123. The smallest absolute Gasteiger partial charge is 0.276 e. The molecule has 2 aromatic rings. The van der Waals surface area contributed by atoms with E-state index in [1.165, 1.54) is 0 Å². The molecule has 0 radical (unpaired) electrons. The van der Waals surface area contributed by atoms with Crippen LogP contribution in [0.2, 0.25) is 0 Å². The number of benzene rings is 2. The average Bonchev–Trinajstić information content (AvgIpc) is 2.60. The van der Waals surface area contributed by atoms with E-state index in [1.807, 2.05) is 32.0 Å². The first-order valence-electron chi connectivity index (χ1n) is 7.60. The van der Waals surface area contributed by atoms with Crippen LogP contribution in [0.15, 0.2) is 48.5 Å². The molecule has 0 atom stereocenters. The third-order valence-corrected chi connectivity index (χ3v) is 3.14. The third kappa shape index (κ3) is 5.01. The van der Waals surface area contributed by atoms with Crippen LogP contribution < -0.4 is 20.3 Å². The van der Waals surface area contributed by atoms with Crippen molar-refractivity contribution in [1.29, 1.82) is 0 Å². The predicted molar refractivity (Wildman–Crippen MR) is 89.9 cm³/mol. The van der Waals surface area contributed by atoms with Crippen LogP contribution in [0.1, 0.15) is 22.8 Å². The number of hydrazine groups is 1. The maximum Gasteiger partial charge on any atom is 0.276 e. The predicted octanol–water partition coefficient (Wildman–Crippen LogP) is 2.23. The number of aryl methyl sites for hydroxylation is 1. The van der Waals surface area contributed by atoms with Crippen LogP contribution in [0.5, 0.6) is 11.5 Å². The van der Waals surface area contributed by atoms with E-state index in [1.54, 1.807) is 30.3 Å². The number of hydrogen-bond acceptors (Lipinski definition) is 4. The molecule has 0 saturated heterocycles. The summed E-state index contributed by atoms with van der Waals surface area (Å²) in [6.45, 7) is 4.06. The molecule has 0 saturated carbocycles. The summed E-state index contributed by atoms with van der Waals surface area (Å²) in [5.74, 6) is 0.177. The van der Waals surface area contributed by atoms with E-state index in [-0.39, 0.29) is 6.61 Å². The summed E-state index contributed by atoms with van der Waals surface area (Å²) in [6, 6.07) is 14.1. The van der Waals surface area contributed by atoms with Crippen molar-refractivity contribution in [3.05, 3.63) is 59.7 Å². The molecular weight excluding hydrogens is 308 g/mol. The first-order valence-corrected chi connectivity index (χ1v) is 7.60. The van der Waals surface area contributed by atoms with Crippen molar-refractivity contribution >= 4 is 11.8 Å². The van der Waals surface area contributed by atoms with Gasteiger partial charge in [-0.15, -0.1) is 0 Å². The molecule has 126 valence electrons. The van der Waals surface area contributed by atoms with Gasteiger partial charge < -0.3 is 9.47 Å². The van der Waals surface area contributed by atoms with Gasteiger partial charge in [-0.2, -0.15) is 0 Å². The van der Waals surface area contributed by atoms with Gasteiger partial charge in [0.25, 0.3) is 11.8 Å². The molecule has 0 bridgehead atoms. The SMILES string of the molecule is CCOc1ccccc1OCC(=O)NNC(=O)c1ccc(C)cc1. The van der Waals surface area contributed by atoms with Crippen LogP contribution in [-0.2, 0) is 4.79 Å². The second-order valence-corrected chi connectivity index (χ2v) is 5.04. The lowest BCUT2D eigenvalue weighted by Crippen LogP contribution is -2.43. The summed E-state index contributed by atoms with van der Waals surface area (Å²) in [5.41, 5.74) is 6.17. The van der Waals surface area contributed by atoms with Crippen molar-refractivity contribution in [2.45, 2.75) is 13.8 Å². The van der Waals surface area contributed by atoms with Crippen molar-refractivity contribution in [2.75, 3.05) is 13.2 Å². The van der Waals surface area contributed by atoms with E-state index in [2.05, 4.69) is 10.9 Å². The Labute approximate surface area is 140 Å². The molecular formula is C18H20N2O4. The topological polar surface area (TPSA) is 76.7 Å². The maximum absolute atomic E-state index is 11.9. The highest BCUT2D eigenvalue weighted by Crippen LogP contribution is 2.26. The molecule has 0 aliphatic heterocycles. The molecule has 0 unspecified atom stereocenters. The van der Waals surface area contributed by atoms with Gasteiger partial charge in [0, 0.05) is 5.56 Å². The number of carbonyl (C=O) groups excluding carboxylic acids is 2. The zero-order valence-electron chi connectivity index (χ0n) is 13.7. The van der Waals surface area contributed by atoms with E-state index >= 15 is 0 Å². The van der Waals surface area contributed by atoms with Gasteiger partial charge in [0.2, 0.25) is 0 Å². The Kier molecular flexibility index (Phi) is 6.19. The molecule has 0 spiro atoms. The van der Waals surface area contributed by atoms with Crippen LogP contribution >= 0.6 is 0 Å². The third-order valence-electron chi connectivity index (χ3n) is 3.14. The monoisotopic (exact) mass is 328 g/mol. The van der Waals surface area contributed by atoms with Gasteiger partial charge in [0.1, 0.15) is 0 Å². The largest absolute Gasteiger partial charge is 0.490 e. The standard InChI is InChI=1S/C18H20N2O4/c1-3-23-15-6-4-5-7-16(15)24-12-17(21)19-20-18(22)14-10-8-13(2)9-11-14/h4-11H,3,12H2,1-2H3,(H,19,21)(H,20,22). The minimum atomic E-state index is -0.471. The molecule has 0 fully saturated rings. The molecule has 6 nitrogen and oxygen atoms in total. The van der Waals surface area contributed by atoms with Gasteiger partial charge in [-0.05, 0) is 38.1 Å². The Morgan fingerprint density at radius 1 is 0.917 bits per heavy atom. The van der Waals surface area contributed by atoms with Gasteiger partial charge in [-0.3, -0.25) is 20.4 Å². The lowest BCUT2D eigenvalue weighted by Gasteiger charge is -2.12. The highest BCUT2D eigenvalue weighted by molar-refractivity contribution is 5.95. The maximum atomic E-state index is 11.9. The van der Waals surface area contributed by atoms with Crippen molar-refractivity contribution in [3.63, 3.8) is 0 Å². The lowest BCUT2D eigenvalue weighted by atomic mass is 10.1. The summed E-state index contributed by atoms with van der Waals surface area (Å²) in [5, 5.41) is 0. The van der Waals surface area contributed by atoms with Crippen LogP contribution in [-0.4, -0.2) is 25.0 Å². The number of ether oxygens (including phenoxy) is 2. The van der Waals surface area contributed by atoms with E-state index in [9.17, 15) is 9.59 Å². The fraction of sp³-hybridized carbons (Fsp3) is 0.222. The zero-order valence-corrected chi connectivity index (χ0v) is 13.7. The number of nitrogens with one attached hydrogen (secondary N) is 2. The molecule has 2 aromatic carbocycles. The van der Waals surface area contributed by atoms with Crippen molar-refractivity contribution in [1.82, 2.24) is 10.9 Å². The number of para-hydroxylation sites is 2. The van der Waals surface area contributed by atoms with Gasteiger partial charge in [0.15, 0.2) is 18.1 Å². The van der Waals surface area contributed by atoms with Gasteiger partial charge in [-0.1, -0.05) is 29.8 Å². The van der Waals surface area contributed by atoms with Gasteiger partial charge in [0.05, 0.1) is 6.61 Å². The Morgan fingerprint density at radius 2 is 1.54 bits per heavy atom. The van der Waals surface area contributed by atoms with Crippen LogP contribution in [0, 0.1) is 6.92 Å². The molecule has 0 aromatic heterocycles. The normalized spacial score (nSPS) is 9.92. The van der Waals surface area contributed by atoms with Crippen LogP contribution in [0.3, 0.4) is 0 Å². The summed E-state index contributed by atoms with van der Waals surface area (Å²) in [7, 11) is 0. The second-order valence-electron chi connectivity index (χ2n) is 5.04. The molecule has 0 heterocycles. The molecule has 6 heteroatoms. The fourth-order valence-corrected chi connectivity index (χ4v) is 1.93. The minimum Gasteiger partial charge on any atom is -0.490 e. The summed E-state index contributed by atoms with van der Waals surface area (Å²) in [6.07, 6.45) is 0. The number of carbonyl (C=O) groups is 2. The first-order chi connectivity index (χ1) is 11.6. The molecule has 2 N–H and O–H groups in total. The van der Waals surface area contributed by atoms with E-state index in [0.29, 0.717) is 23.7 Å². The molecule has 2 rings (SSSR count). The number of rotatable bonds is 6. The fourth-order valence-electron chi connectivity index (χ4n) is 1.93. The van der Waals surface area contributed by atoms with Gasteiger partial charge in [-0.25, -0.2) is 0 Å². The highest BCUT2D eigenvalue weighted by atomic mass is 16.5. The molecule has 0 aliphatic carbocycles. The van der Waals surface area contributed by atoms with Crippen molar-refractivity contribution < 1.29 is 19.1 Å². The van der Waals surface area contributed by atoms with Crippen LogP contribution in [0.25, 0.3) is 0 Å². The second kappa shape index (κ2) is 8.57. The Bertz CT molecular complexity index is 698. The Balaban J connectivity index is 1.81. The summed E-state index contributed by atoms with van der Waals surface area (Å²) in [4.78, 5) is 23.7. The molecule has 24 heavy (non-hydrogen) atoms. The molecule has 2 amide bonds. The Morgan fingerprint density at radius 3 is 2.17 bits per heavy atom. The van der Waals surface area contributed by atoms with E-state index in [4.69, 9.17) is 9.47 Å². The first kappa shape index (κ1) is 17.3. The Hall–Kier alpha value is -3.02. The van der Waals surface area contributed by atoms with Gasteiger partial charge >= 0.3 is 0 Å². The summed E-state index contributed by atoms with van der Waals surface area (Å²) >= 11 is 0. The summed E-state index contributed by atoms with van der Waals surface area (Å²) < 4.78 is 10.8. The average molecular weight is 328 g/mol. The highest BCUT2D eigenvalue weighted by Gasteiger charge is 2.09. The van der Waals surface area contributed by atoms with Crippen LogP contribution in [0.4, 0.5) is 0 Å². The van der Waals surface area contributed by atoms with E-state index < -0.39 is 11.8 Å². The zero-order chi connectivity index (χ0) is 17.4. The van der Waals surface area contributed by atoms with E-state index in [0.717, 1.165) is 5.56 Å². The number of amides is 2.